The molecule has 2 aromatic heterocycles. The smallest absolute Gasteiger partial charge is 0.275 e. The molecule has 0 atom stereocenters. The Morgan fingerprint density at radius 2 is 1.77 bits per heavy atom. The number of nitrogens with zero attached hydrogens (tertiary/aromatic N) is 5. The summed E-state index contributed by atoms with van der Waals surface area (Å²) in [6.45, 7) is 4.09. The molecule has 8 nitrogen and oxygen atoms in total. The average molecular weight is 414 g/mol. The van der Waals surface area contributed by atoms with Gasteiger partial charge >= 0.3 is 0 Å². The molecule has 1 aliphatic heterocycles. The Labute approximate surface area is 178 Å². The first-order valence-electron chi connectivity index (χ1n) is 10.0. The lowest BCUT2D eigenvalue weighted by molar-refractivity contribution is 0.0980. The topological polar surface area (TPSA) is 99.0 Å². The zero-order valence-corrected chi connectivity index (χ0v) is 17.5. The van der Waals surface area contributed by atoms with E-state index >= 15 is 0 Å². The molecule has 4 aromatic rings. The molecule has 0 radical (unpaired) electrons. The molecule has 0 unspecified atom stereocenters. The molecule has 0 saturated carbocycles. The molecule has 0 bridgehead atoms. The van der Waals surface area contributed by atoms with Gasteiger partial charge in [0.25, 0.3) is 11.5 Å². The van der Waals surface area contributed by atoms with Crippen LogP contribution in [0.1, 0.15) is 29.8 Å². The Bertz CT molecular complexity index is 1420. The van der Waals surface area contributed by atoms with E-state index in [-0.39, 0.29) is 18.1 Å². The van der Waals surface area contributed by atoms with Gasteiger partial charge in [-0.2, -0.15) is 10.2 Å². The third kappa shape index (κ3) is 2.65. The van der Waals surface area contributed by atoms with Crippen molar-refractivity contribution >= 4 is 22.5 Å². The maximum absolute atomic E-state index is 13.4. The molecule has 2 aromatic carbocycles. The van der Waals surface area contributed by atoms with Gasteiger partial charge < -0.3 is 5.73 Å². The van der Waals surface area contributed by atoms with Gasteiger partial charge in [-0.25, -0.2) is 4.68 Å². The average Bonchev–Trinajstić information content (AvgIpc) is 3.23. The lowest BCUT2D eigenvalue weighted by atomic mass is 9.93. The first-order chi connectivity index (χ1) is 14.8. The number of carbonyl (C=O) groups excluding carboxylic acids is 1. The molecular weight excluding hydrogens is 392 g/mol. The van der Waals surface area contributed by atoms with Crippen molar-refractivity contribution in [3.8, 4) is 11.1 Å². The predicted molar refractivity (Wildman–Crippen MR) is 119 cm³/mol. The number of aromatic nitrogens is 4. The molecule has 156 valence electrons. The Kier molecular flexibility index (Phi) is 4.10. The van der Waals surface area contributed by atoms with Gasteiger partial charge in [0.15, 0.2) is 0 Å². The van der Waals surface area contributed by atoms with Crippen LogP contribution in [0.4, 0.5) is 5.82 Å². The van der Waals surface area contributed by atoms with Crippen LogP contribution in [-0.2, 0) is 19.3 Å². The van der Waals surface area contributed by atoms with E-state index in [2.05, 4.69) is 10.2 Å². The van der Waals surface area contributed by atoms with Crippen molar-refractivity contribution in [1.29, 1.82) is 0 Å². The highest BCUT2D eigenvalue weighted by atomic mass is 16.2. The molecule has 1 amide bonds. The van der Waals surface area contributed by atoms with E-state index in [1.807, 2.05) is 57.3 Å². The Balaban J connectivity index is 1.68. The van der Waals surface area contributed by atoms with Crippen molar-refractivity contribution < 1.29 is 4.79 Å². The van der Waals surface area contributed by atoms with Crippen molar-refractivity contribution in [2.45, 2.75) is 26.1 Å². The number of amides is 1. The van der Waals surface area contributed by atoms with Crippen LogP contribution >= 0.6 is 0 Å². The standard InChI is InChI=1S/C23H22N6O2/c1-23(2)19-7-5-4-6-17(19)22(31)29(23)20-18(12-25-27(20)3)14-8-9-16-15(10-14)11-26-28(13-24)21(16)30/h4-12H,13,24H2,1-3H3. The van der Waals surface area contributed by atoms with E-state index in [0.29, 0.717) is 22.2 Å². The van der Waals surface area contributed by atoms with Gasteiger partial charge in [0.05, 0.1) is 30.0 Å². The molecule has 0 aliphatic carbocycles. The molecular formula is C23H22N6O2. The van der Waals surface area contributed by atoms with Crippen molar-refractivity contribution in [1.82, 2.24) is 19.6 Å². The van der Waals surface area contributed by atoms with Gasteiger partial charge in [0.1, 0.15) is 5.82 Å². The second-order valence-corrected chi connectivity index (χ2v) is 8.18. The van der Waals surface area contributed by atoms with Crippen LogP contribution in [0.15, 0.2) is 59.7 Å². The summed E-state index contributed by atoms with van der Waals surface area (Å²) >= 11 is 0. The fraction of sp³-hybridized carbons (Fsp3) is 0.217. The summed E-state index contributed by atoms with van der Waals surface area (Å²) in [7, 11) is 1.83. The monoisotopic (exact) mass is 414 g/mol. The number of benzene rings is 2. The van der Waals surface area contributed by atoms with Gasteiger partial charge in [-0.05, 0) is 43.2 Å². The summed E-state index contributed by atoms with van der Waals surface area (Å²) in [6.07, 6.45) is 3.38. The zero-order valence-electron chi connectivity index (χ0n) is 17.5. The first kappa shape index (κ1) is 19.2. The van der Waals surface area contributed by atoms with E-state index in [4.69, 9.17) is 5.73 Å². The molecule has 31 heavy (non-hydrogen) atoms. The van der Waals surface area contributed by atoms with E-state index in [1.165, 1.54) is 4.68 Å². The van der Waals surface area contributed by atoms with Gasteiger partial charge in [-0.3, -0.25) is 19.2 Å². The van der Waals surface area contributed by atoms with Gasteiger partial charge in [-0.15, -0.1) is 0 Å². The first-order valence-corrected chi connectivity index (χ1v) is 10.0. The van der Waals surface area contributed by atoms with Crippen LogP contribution in [0.25, 0.3) is 21.9 Å². The number of aryl methyl sites for hydroxylation is 1. The fourth-order valence-corrected chi connectivity index (χ4v) is 4.44. The number of hydrogen-bond donors (Lipinski definition) is 1. The van der Waals surface area contributed by atoms with Gasteiger partial charge in [0, 0.05) is 23.6 Å². The highest BCUT2D eigenvalue weighted by Gasteiger charge is 2.45. The van der Waals surface area contributed by atoms with Crippen LogP contribution in [-0.4, -0.2) is 25.5 Å². The van der Waals surface area contributed by atoms with E-state index < -0.39 is 5.54 Å². The highest BCUT2D eigenvalue weighted by Crippen LogP contribution is 2.44. The lowest BCUT2D eigenvalue weighted by Crippen LogP contribution is -2.40. The zero-order chi connectivity index (χ0) is 21.9. The van der Waals surface area contributed by atoms with Crippen LogP contribution in [0, 0.1) is 0 Å². The van der Waals surface area contributed by atoms with Crippen LogP contribution in [0.3, 0.4) is 0 Å². The second-order valence-electron chi connectivity index (χ2n) is 8.18. The summed E-state index contributed by atoms with van der Waals surface area (Å²) < 4.78 is 2.94. The number of nitrogens with two attached hydrogens (primary N) is 1. The second kappa shape index (κ2) is 6.61. The number of carbonyl (C=O) groups is 1. The summed E-state index contributed by atoms with van der Waals surface area (Å²) in [6, 6.07) is 13.2. The molecule has 0 spiro atoms. The Morgan fingerprint density at radius 1 is 1.00 bits per heavy atom. The van der Waals surface area contributed by atoms with Crippen molar-refractivity contribution in [3.63, 3.8) is 0 Å². The fourth-order valence-electron chi connectivity index (χ4n) is 4.44. The number of anilines is 1. The van der Waals surface area contributed by atoms with Crippen LogP contribution in [0.2, 0.25) is 0 Å². The minimum Gasteiger partial charge on any atom is -0.312 e. The van der Waals surface area contributed by atoms with E-state index in [1.54, 1.807) is 28.0 Å². The maximum atomic E-state index is 13.4. The summed E-state index contributed by atoms with van der Waals surface area (Å²) in [4.78, 5) is 27.7. The summed E-state index contributed by atoms with van der Waals surface area (Å²) in [5, 5.41) is 9.82. The summed E-state index contributed by atoms with van der Waals surface area (Å²) in [5.41, 5.74) is 8.15. The minimum absolute atomic E-state index is 0.0238. The predicted octanol–water partition coefficient (Wildman–Crippen LogP) is 2.61. The van der Waals surface area contributed by atoms with Crippen molar-refractivity contribution in [3.05, 3.63) is 76.3 Å². The normalized spacial score (nSPS) is 15.0. The van der Waals surface area contributed by atoms with Crippen molar-refractivity contribution in [2.24, 2.45) is 12.8 Å². The van der Waals surface area contributed by atoms with Crippen molar-refractivity contribution in [2.75, 3.05) is 4.90 Å². The van der Waals surface area contributed by atoms with E-state index in [9.17, 15) is 9.59 Å². The minimum atomic E-state index is -0.538. The van der Waals surface area contributed by atoms with Gasteiger partial charge in [0.2, 0.25) is 0 Å². The molecule has 0 fully saturated rings. The molecule has 3 heterocycles. The van der Waals surface area contributed by atoms with Gasteiger partial charge in [-0.1, -0.05) is 24.3 Å². The lowest BCUT2D eigenvalue weighted by Gasteiger charge is -2.33. The van der Waals surface area contributed by atoms with E-state index in [0.717, 1.165) is 16.7 Å². The molecule has 2 N–H and O–H groups in total. The van der Waals surface area contributed by atoms with Crippen LogP contribution < -0.4 is 16.2 Å². The third-order valence-electron chi connectivity index (χ3n) is 6.03. The Hall–Kier alpha value is -3.78. The summed E-state index contributed by atoms with van der Waals surface area (Å²) in [5.74, 6) is 0.646. The Morgan fingerprint density at radius 3 is 2.52 bits per heavy atom. The maximum Gasteiger partial charge on any atom is 0.275 e. The number of rotatable bonds is 3. The quantitative estimate of drug-likeness (QED) is 0.556. The third-order valence-corrected chi connectivity index (χ3v) is 6.03. The SMILES string of the molecule is Cn1ncc(-c2ccc3c(=O)n(CN)ncc3c2)c1N1C(=O)c2ccccc2C1(C)C. The molecule has 0 saturated heterocycles. The molecule has 1 aliphatic rings. The number of fused-ring (bicyclic) bond motifs is 2. The highest BCUT2D eigenvalue weighted by molar-refractivity contribution is 6.13. The molecule has 8 heteroatoms. The molecule has 5 rings (SSSR count). The largest absolute Gasteiger partial charge is 0.312 e. The van der Waals surface area contributed by atoms with Crippen LogP contribution in [0.5, 0.6) is 0 Å². The number of hydrogen-bond acceptors (Lipinski definition) is 5.